The number of nitrogens with zero attached hydrogens (tertiary/aromatic N) is 2. The van der Waals surface area contributed by atoms with E-state index in [1.165, 1.54) is 0 Å². The molecular formula is C22H38N6O4. The summed E-state index contributed by atoms with van der Waals surface area (Å²) in [6.07, 6.45) is 6.30. The van der Waals surface area contributed by atoms with Gasteiger partial charge in [-0.3, -0.25) is 19.6 Å². The maximum atomic E-state index is 10.8. The minimum absolute atomic E-state index is 0. The molecule has 180 valence electrons. The molecule has 1 unspecified atom stereocenters. The first-order chi connectivity index (χ1) is 15.5. The first kappa shape index (κ1) is 23.7. The summed E-state index contributed by atoms with van der Waals surface area (Å²) in [7, 11) is 0. The van der Waals surface area contributed by atoms with Gasteiger partial charge in [-0.1, -0.05) is 12.1 Å². The van der Waals surface area contributed by atoms with Crippen LogP contribution in [0.15, 0.2) is 36.7 Å². The van der Waals surface area contributed by atoms with E-state index in [1.54, 1.807) is 24.5 Å². The molecule has 0 bridgehead atoms. The lowest BCUT2D eigenvalue weighted by molar-refractivity contribution is -0.0485. The lowest BCUT2D eigenvalue weighted by Crippen LogP contribution is -2.36. The molecule has 2 aliphatic rings. The summed E-state index contributed by atoms with van der Waals surface area (Å²) < 4.78 is 10.6. The number of pyridine rings is 2. The molecule has 4 rings (SSSR count). The van der Waals surface area contributed by atoms with Gasteiger partial charge in [-0.05, 0) is 36.1 Å². The van der Waals surface area contributed by atoms with Crippen molar-refractivity contribution in [1.29, 1.82) is 0 Å². The van der Waals surface area contributed by atoms with E-state index in [9.17, 15) is 9.59 Å². The summed E-state index contributed by atoms with van der Waals surface area (Å²) >= 11 is 0. The minimum Gasteiger partial charge on any atom is -0.377 e. The fraction of sp³-hybridized carbons (Fsp3) is 0.455. The Kier molecular flexibility index (Phi) is 9.05. The standard InChI is InChI=1S/2C11H15N3O2.4H2/c2*12-11(15)10-2-1-8(6-14-10)5-13-7-9-3-4-16-9;;;;/h2*1-2,6,9,13H,3-5,7H2,(H2,12,15);4*1H/t9-;;;;;/m0...../s1. The Morgan fingerprint density at radius 3 is 1.50 bits per heavy atom. The average Bonchev–Trinajstić information content (AvgIpc) is 2.73. The number of carbonyl (C=O) groups is 2. The van der Waals surface area contributed by atoms with Crippen LogP contribution in [0.25, 0.3) is 0 Å². The molecule has 4 heterocycles. The third kappa shape index (κ3) is 7.65. The van der Waals surface area contributed by atoms with Gasteiger partial charge >= 0.3 is 0 Å². The molecule has 0 saturated carbocycles. The number of hydrogen-bond donors (Lipinski definition) is 4. The van der Waals surface area contributed by atoms with Gasteiger partial charge in [0.1, 0.15) is 11.4 Å². The molecule has 2 aliphatic heterocycles. The van der Waals surface area contributed by atoms with Crippen LogP contribution in [-0.2, 0) is 22.6 Å². The maximum Gasteiger partial charge on any atom is 0.267 e. The number of nitrogens with two attached hydrogens (primary N) is 2. The SMILES string of the molecule is NC(=O)c1ccc(CNCC2CCO2)cn1.NC(=O)c1ccc(CNC[C@@H]2CCO2)cn1.[HH].[HH].[HH].[HH]. The zero-order valence-electron chi connectivity index (χ0n) is 18.0. The van der Waals surface area contributed by atoms with Gasteiger partial charge in [-0.2, -0.15) is 0 Å². The van der Waals surface area contributed by atoms with Gasteiger partial charge in [0, 0.05) is 57.5 Å². The molecule has 10 heteroatoms. The van der Waals surface area contributed by atoms with Crippen molar-refractivity contribution in [2.45, 2.75) is 38.1 Å². The van der Waals surface area contributed by atoms with E-state index in [4.69, 9.17) is 20.9 Å². The number of nitrogens with one attached hydrogen (secondary N) is 2. The van der Waals surface area contributed by atoms with Gasteiger partial charge in [0.15, 0.2) is 0 Å². The van der Waals surface area contributed by atoms with Crippen molar-refractivity contribution in [1.82, 2.24) is 20.6 Å². The van der Waals surface area contributed by atoms with Crippen molar-refractivity contribution in [3.05, 3.63) is 59.2 Å². The van der Waals surface area contributed by atoms with Crippen molar-refractivity contribution < 1.29 is 24.8 Å². The first-order valence-electron chi connectivity index (χ1n) is 10.7. The van der Waals surface area contributed by atoms with Crippen LogP contribution in [0.5, 0.6) is 0 Å². The zero-order chi connectivity index (χ0) is 22.8. The molecule has 10 nitrogen and oxygen atoms in total. The van der Waals surface area contributed by atoms with E-state index in [1.807, 2.05) is 12.1 Å². The summed E-state index contributed by atoms with van der Waals surface area (Å²) in [6, 6.07) is 6.97. The van der Waals surface area contributed by atoms with Gasteiger partial charge in [-0.15, -0.1) is 0 Å². The Balaban J connectivity index is 0. The van der Waals surface area contributed by atoms with Crippen molar-refractivity contribution in [2.24, 2.45) is 11.5 Å². The third-order valence-electron chi connectivity index (χ3n) is 5.14. The smallest absolute Gasteiger partial charge is 0.267 e. The molecule has 0 aliphatic carbocycles. The van der Waals surface area contributed by atoms with Gasteiger partial charge in [0.2, 0.25) is 0 Å². The van der Waals surface area contributed by atoms with Crippen LogP contribution in [0.3, 0.4) is 0 Å². The molecule has 0 spiro atoms. The fourth-order valence-electron chi connectivity index (χ4n) is 3.00. The molecular weight excluding hydrogens is 412 g/mol. The molecule has 2 saturated heterocycles. The van der Waals surface area contributed by atoms with E-state index in [2.05, 4.69) is 20.6 Å². The molecule has 32 heavy (non-hydrogen) atoms. The summed E-state index contributed by atoms with van der Waals surface area (Å²) in [4.78, 5) is 29.5. The number of ether oxygens (including phenoxy) is 2. The highest BCUT2D eigenvalue weighted by Gasteiger charge is 2.17. The molecule has 0 radical (unpaired) electrons. The van der Waals surface area contributed by atoms with Gasteiger partial charge < -0.3 is 31.6 Å². The van der Waals surface area contributed by atoms with Crippen LogP contribution in [0.2, 0.25) is 0 Å². The summed E-state index contributed by atoms with van der Waals surface area (Å²) in [6.45, 7) is 4.93. The van der Waals surface area contributed by atoms with Crippen LogP contribution >= 0.6 is 0 Å². The number of hydrogen-bond acceptors (Lipinski definition) is 8. The topological polar surface area (TPSA) is 154 Å². The van der Waals surface area contributed by atoms with Crippen molar-refractivity contribution in [2.75, 3.05) is 26.3 Å². The second kappa shape index (κ2) is 12.2. The van der Waals surface area contributed by atoms with Crippen LogP contribution in [-0.4, -0.2) is 60.3 Å². The van der Waals surface area contributed by atoms with E-state index in [0.29, 0.717) is 23.6 Å². The zero-order valence-corrected chi connectivity index (χ0v) is 18.0. The van der Waals surface area contributed by atoms with Crippen molar-refractivity contribution in [3.63, 3.8) is 0 Å². The highest BCUT2D eigenvalue weighted by molar-refractivity contribution is 5.91. The average molecular weight is 451 g/mol. The number of carbonyl (C=O) groups excluding carboxylic acids is 2. The predicted octanol–water partition coefficient (Wildman–Crippen LogP) is 1.10. The van der Waals surface area contributed by atoms with Crippen molar-refractivity contribution >= 4 is 11.8 Å². The van der Waals surface area contributed by atoms with Crippen LogP contribution in [0.4, 0.5) is 0 Å². The molecule has 2 aromatic heterocycles. The fourth-order valence-corrected chi connectivity index (χ4v) is 3.00. The number of aromatic nitrogens is 2. The Morgan fingerprint density at radius 2 is 1.25 bits per heavy atom. The highest BCUT2D eigenvalue weighted by atomic mass is 16.5. The lowest BCUT2D eigenvalue weighted by Gasteiger charge is -2.26. The van der Waals surface area contributed by atoms with E-state index in [0.717, 1.165) is 63.4 Å². The predicted molar refractivity (Wildman–Crippen MR) is 126 cm³/mol. The Morgan fingerprint density at radius 1 is 0.844 bits per heavy atom. The molecule has 2 fully saturated rings. The Labute approximate surface area is 193 Å². The highest BCUT2D eigenvalue weighted by Crippen LogP contribution is 2.10. The normalized spacial score (nSPS) is 19.1. The molecule has 2 atom stereocenters. The second-order valence-electron chi connectivity index (χ2n) is 7.66. The number of amides is 2. The third-order valence-corrected chi connectivity index (χ3v) is 5.14. The van der Waals surface area contributed by atoms with Gasteiger partial charge in [0.25, 0.3) is 11.8 Å². The van der Waals surface area contributed by atoms with E-state index in [-0.39, 0.29) is 5.71 Å². The van der Waals surface area contributed by atoms with Gasteiger partial charge in [0.05, 0.1) is 12.2 Å². The quantitative estimate of drug-likeness (QED) is 0.419. The Hall–Kier alpha value is -2.92. The second-order valence-corrected chi connectivity index (χ2v) is 7.66. The van der Waals surface area contributed by atoms with Crippen LogP contribution < -0.4 is 22.1 Å². The molecule has 6 N–H and O–H groups in total. The van der Waals surface area contributed by atoms with Crippen LogP contribution in [0.1, 0.15) is 50.7 Å². The van der Waals surface area contributed by atoms with E-state index < -0.39 is 11.8 Å². The lowest BCUT2D eigenvalue weighted by atomic mass is 10.2. The summed E-state index contributed by atoms with van der Waals surface area (Å²) in [5, 5.41) is 6.54. The monoisotopic (exact) mass is 450 g/mol. The summed E-state index contributed by atoms with van der Waals surface area (Å²) in [5.74, 6) is -0.996. The maximum absolute atomic E-state index is 10.8. The summed E-state index contributed by atoms with van der Waals surface area (Å²) in [5.41, 5.74) is 12.8. The minimum atomic E-state index is -0.498. The Bertz CT molecular complexity index is 812. The first-order valence-corrected chi connectivity index (χ1v) is 10.7. The van der Waals surface area contributed by atoms with E-state index >= 15 is 0 Å². The molecule has 2 amide bonds. The van der Waals surface area contributed by atoms with Gasteiger partial charge in [-0.25, -0.2) is 0 Å². The van der Waals surface area contributed by atoms with Crippen molar-refractivity contribution in [3.8, 4) is 0 Å². The van der Waals surface area contributed by atoms with Crippen LogP contribution in [0, 0.1) is 0 Å². The molecule has 2 aromatic rings. The number of rotatable bonds is 10. The molecule has 0 aromatic carbocycles. The largest absolute Gasteiger partial charge is 0.377 e. The number of primary amides is 2.